The number of primary amides is 1. The summed E-state index contributed by atoms with van der Waals surface area (Å²) in [6.45, 7) is 0. The van der Waals surface area contributed by atoms with Gasteiger partial charge in [0.25, 0.3) is 5.91 Å². The van der Waals surface area contributed by atoms with Gasteiger partial charge in [0.15, 0.2) is 5.82 Å². The number of nitrogens with two attached hydrogens (primary N) is 1. The fourth-order valence-corrected chi connectivity index (χ4v) is 3.62. The van der Waals surface area contributed by atoms with Gasteiger partial charge in [-0.2, -0.15) is 13.2 Å². The summed E-state index contributed by atoms with van der Waals surface area (Å²) >= 11 is 0. The van der Waals surface area contributed by atoms with Crippen molar-refractivity contribution in [3.8, 4) is 11.4 Å². The standard InChI is InChI=1S/C23H17F3N6O/c24-23(25,26)20-10-14(9-19(30-20)13-6-7-13)22-29-12-32(31-22)11-17(21(27)33)15-3-1-5-18-16(15)4-2-8-28-18/h1-5,8-13H,6-7H2,(H2,27,33)/b17-11+. The van der Waals surface area contributed by atoms with Crippen molar-refractivity contribution in [2.75, 3.05) is 0 Å². The average Bonchev–Trinajstić information content (AvgIpc) is 3.54. The molecule has 166 valence electrons. The summed E-state index contributed by atoms with van der Waals surface area (Å²) in [6.07, 6.45) is 1.38. The predicted molar refractivity (Wildman–Crippen MR) is 115 cm³/mol. The van der Waals surface area contributed by atoms with Gasteiger partial charge in [-0.3, -0.25) is 9.78 Å². The molecule has 4 aromatic rings. The molecule has 0 saturated heterocycles. The van der Waals surface area contributed by atoms with E-state index in [1.807, 2.05) is 12.1 Å². The van der Waals surface area contributed by atoms with Crippen LogP contribution in [-0.2, 0) is 11.0 Å². The highest BCUT2D eigenvalue weighted by molar-refractivity contribution is 6.25. The van der Waals surface area contributed by atoms with Crippen LogP contribution in [0.4, 0.5) is 13.2 Å². The van der Waals surface area contributed by atoms with Crippen LogP contribution >= 0.6 is 0 Å². The van der Waals surface area contributed by atoms with Gasteiger partial charge in [0, 0.05) is 35.0 Å². The number of alkyl halides is 3. The highest BCUT2D eigenvalue weighted by Gasteiger charge is 2.35. The Kier molecular flexibility index (Phi) is 4.92. The minimum Gasteiger partial charge on any atom is -0.366 e. The van der Waals surface area contributed by atoms with E-state index >= 15 is 0 Å². The third-order valence-electron chi connectivity index (χ3n) is 5.36. The van der Waals surface area contributed by atoms with E-state index in [2.05, 4.69) is 20.1 Å². The van der Waals surface area contributed by atoms with Crippen LogP contribution in [0.5, 0.6) is 0 Å². The summed E-state index contributed by atoms with van der Waals surface area (Å²) in [6, 6.07) is 11.4. The molecule has 0 atom stereocenters. The molecule has 10 heteroatoms. The van der Waals surface area contributed by atoms with Crippen molar-refractivity contribution in [1.82, 2.24) is 24.7 Å². The SMILES string of the molecule is NC(=O)/C(=C/n1cnc(-c2cc(C3CC3)nc(C(F)(F)F)c2)n1)c1cccc2ncccc12. The average molecular weight is 450 g/mol. The van der Waals surface area contributed by atoms with E-state index in [0.717, 1.165) is 24.3 Å². The number of rotatable bonds is 5. The number of aromatic nitrogens is 5. The van der Waals surface area contributed by atoms with Crippen LogP contribution in [0.25, 0.3) is 34.1 Å². The number of carbonyl (C=O) groups excluding carboxylic acids is 1. The van der Waals surface area contributed by atoms with E-state index < -0.39 is 17.8 Å². The molecule has 0 unspecified atom stereocenters. The molecule has 0 spiro atoms. The Morgan fingerprint density at radius 2 is 1.94 bits per heavy atom. The number of pyridine rings is 2. The first-order valence-electron chi connectivity index (χ1n) is 10.2. The summed E-state index contributed by atoms with van der Waals surface area (Å²) in [5.41, 5.74) is 6.65. The van der Waals surface area contributed by atoms with Crippen molar-refractivity contribution in [3.05, 3.63) is 71.9 Å². The lowest BCUT2D eigenvalue weighted by molar-refractivity contribution is -0.141. The number of amides is 1. The monoisotopic (exact) mass is 450 g/mol. The molecule has 1 aromatic carbocycles. The van der Waals surface area contributed by atoms with E-state index in [1.165, 1.54) is 17.2 Å². The topological polar surface area (TPSA) is 99.6 Å². The van der Waals surface area contributed by atoms with Crippen molar-refractivity contribution in [2.24, 2.45) is 5.73 Å². The number of nitrogens with zero attached hydrogens (tertiary/aromatic N) is 5. The van der Waals surface area contributed by atoms with Gasteiger partial charge < -0.3 is 5.73 Å². The maximum atomic E-state index is 13.4. The van der Waals surface area contributed by atoms with Crippen LogP contribution in [0, 0.1) is 0 Å². The van der Waals surface area contributed by atoms with E-state index in [-0.39, 0.29) is 22.9 Å². The zero-order valence-electron chi connectivity index (χ0n) is 17.1. The molecule has 1 saturated carbocycles. The van der Waals surface area contributed by atoms with Crippen molar-refractivity contribution >= 4 is 28.6 Å². The van der Waals surface area contributed by atoms with Crippen LogP contribution in [-0.4, -0.2) is 30.6 Å². The summed E-state index contributed by atoms with van der Waals surface area (Å²) < 4.78 is 41.3. The molecule has 0 aliphatic heterocycles. The van der Waals surface area contributed by atoms with Crippen molar-refractivity contribution in [1.29, 1.82) is 0 Å². The smallest absolute Gasteiger partial charge is 0.366 e. The number of benzene rings is 1. The zero-order chi connectivity index (χ0) is 23.2. The molecular weight excluding hydrogens is 433 g/mol. The highest BCUT2D eigenvalue weighted by Crippen LogP contribution is 2.41. The predicted octanol–water partition coefficient (Wildman–Crippen LogP) is 4.27. The quantitative estimate of drug-likeness (QED) is 0.458. The van der Waals surface area contributed by atoms with E-state index in [4.69, 9.17) is 5.73 Å². The molecule has 7 nitrogen and oxygen atoms in total. The second-order valence-corrected chi connectivity index (χ2v) is 7.77. The molecule has 3 aromatic heterocycles. The molecular formula is C23H17F3N6O. The zero-order valence-corrected chi connectivity index (χ0v) is 17.1. The third-order valence-corrected chi connectivity index (χ3v) is 5.36. The number of hydrogen-bond donors (Lipinski definition) is 1. The van der Waals surface area contributed by atoms with Gasteiger partial charge in [-0.25, -0.2) is 14.6 Å². The summed E-state index contributed by atoms with van der Waals surface area (Å²) in [4.78, 5) is 24.4. The number of fused-ring (bicyclic) bond motifs is 1. The van der Waals surface area contributed by atoms with Crippen molar-refractivity contribution in [3.63, 3.8) is 0 Å². The molecule has 3 heterocycles. The van der Waals surface area contributed by atoms with Crippen LogP contribution in [0.3, 0.4) is 0 Å². The molecule has 1 aliphatic rings. The maximum absolute atomic E-state index is 13.4. The Labute approximate surface area is 185 Å². The number of hydrogen-bond acceptors (Lipinski definition) is 5. The summed E-state index contributed by atoms with van der Waals surface area (Å²) in [5.74, 6) is -0.582. The Morgan fingerprint density at radius 1 is 1.12 bits per heavy atom. The lowest BCUT2D eigenvalue weighted by Gasteiger charge is -2.09. The van der Waals surface area contributed by atoms with E-state index in [0.29, 0.717) is 16.8 Å². The van der Waals surface area contributed by atoms with E-state index in [1.54, 1.807) is 30.5 Å². The number of carbonyl (C=O) groups is 1. The lowest BCUT2D eigenvalue weighted by Crippen LogP contribution is -2.14. The van der Waals surface area contributed by atoms with Gasteiger partial charge in [0.2, 0.25) is 0 Å². The van der Waals surface area contributed by atoms with Gasteiger partial charge in [0.05, 0.1) is 11.1 Å². The first-order valence-corrected chi connectivity index (χ1v) is 10.2. The fraction of sp³-hybridized carbons (Fsp3) is 0.174. The van der Waals surface area contributed by atoms with Crippen molar-refractivity contribution < 1.29 is 18.0 Å². The molecule has 0 bridgehead atoms. The van der Waals surface area contributed by atoms with E-state index in [9.17, 15) is 18.0 Å². The van der Waals surface area contributed by atoms with Crippen LogP contribution < -0.4 is 5.73 Å². The molecule has 1 aliphatic carbocycles. The summed E-state index contributed by atoms with van der Waals surface area (Å²) in [7, 11) is 0. The minimum absolute atomic E-state index is 0.0227. The second-order valence-electron chi connectivity index (χ2n) is 7.77. The van der Waals surface area contributed by atoms with Gasteiger partial charge >= 0.3 is 6.18 Å². The Balaban J connectivity index is 1.57. The molecule has 0 radical (unpaired) electrons. The first kappa shape index (κ1) is 20.8. The minimum atomic E-state index is -4.58. The molecule has 1 fully saturated rings. The van der Waals surface area contributed by atoms with Gasteiger partial charge in [-0.05, 0) is 42.7 Å². The molecule has 33 heavy (non-hydrogen) atoms. The molecule has 5 rings (SSSR count). The normalized spacial score (nSPS) is 14.6. The van der Waals surface area contributed by atoms with Crippen molar-refractivity contribution in [2.45, 2.75) is 24.9 Å². The lowest BCUT2D eigenvalue weighted by atomic mass is 10.0. The third kappa shape index (κ3) is 4.19. The Bertz CT molecular complexity index is 1400. The first-order chi connectivity index (χ1) is 15.8. The Morgan fingerprint density at radius 3 is 2.67 bits per heavy atom. The van der Waals surface area contributed by atoms with Gasteiger partial charge in [0.1, 0.15) is 12.0 Å². The van der Waals surface area contributed by atoms with Crippen LogP contribution in [0.2, 0.25) is 0 Å². The van der Waals surface area contributed by atoms with Crippen LogP contribution in [0.15, 0.2) is 55.0 Å². The summed E-state index contributed by atoms with van der Waals surface area (Å²) in [5, 5.41) is 4.99. The second kappa shape index (κ2) is 7.80. The maximum Gasteiger partial charge on any atom is 0.433 e. The van der Waals surface area contributed by atoms with Gasteiger partial charge in [-0.1, -0.05) is 18.2 Å². The number of halogens is 3. The molecule has 1 amide bonds. The fourth-order valence-electron chi connectivity index (χ4n) is 3.62. The molecule has 2 N–H and O–H groups in total. The highest BCUT2D eigenvalue weighted by atomic mass is 19.4. The van der Waals surface area contributed by atoms with Crippen LogP contribution in [0.1, 0.15) is 35.7 Å². The Hall–Kier alpha value is -4.08. The van der Waals surface area contributed by atoms with Gasteiger partial charge in [-0.15, -0.1) is 5.10 Å². The largest absolute Gasteiger partial charge is 0.433 e.